The molecule has 1 heterocycles. The average Bonchev–Trinajstić information content (AvgIpc) is 2.42. The minimum absolute atomic E-state index is 0.549. The standard InChI is InChI=1S/C8H6O6.C5H6N2/c9-5-3(7(11)12)1-2-4(6(5)10)8(13)14;6-5-1-3-7-4-2-5/h1-2,9-10H,(H,11,12)(H,13,14);1-4H,(H2,6,7). The summed E-state index contributed by atoms with van der Waals surface area (Å²) in [5.74, 6) is -4.79. The largest absolute Gasteiger partial charge is 0.504 e. The molecule has 0 aliphatic carbocycles. The van der Waals surface area contributed by atoms with Crippen LogP contribution in [0.2, 0.25) is 0 Å². The van der Waals surface area contributed by atoms with Crippen molar-refractivity contribution in [1.82, 2.24) is 4.98 Å². The molecule has 2 rings (SSSR count). The third-order valence-electron chi connectivity index (χ3n) is 2.32. The van der Waals surface area contributed by atoms with E-state index in [-0.39, 0.29) is 0 Å². The van der Waals surface area contributed by atoms with Crippen molar-refractivity contribution < 1.29 is 30.0 Å². The van der Waals surface area contributed by atoms with Crippen LogP contribution in [0.3, 0.4) is 0 Å². The topological polar surface area (TPSA) is 154 Å². The Morgan fingerprint density at radius 1 is 0.857 bits per heavy atom. The van der Waals surface area contributed by atoms with Crippen LogP contribution >= 0.6 is 0 Å². The number of nitrogen functional groups attached to an aromatic ring is 1. The molecule has 0 radical (unpaired) electrons. The van der Waals surface area contributed by atoms with E-state index in [1.165, 1.54) is 0 Å². The van der Waals surface area contributed by atoms with Gasteiger partial charge in [-0.15, -0.1) is 0 Å². The quantitative estimate of drug-likeness (QED) is 0.516. The number of anilines is 1. The number of aromatic nitrogens is 1. The molecule has 0 amide bonds. The lowest BCUT2D eigenvalue weighted by Gasteiger charge is -2.04. The normalized spacial score (nSPS) is 9.33. The van der Waals surface area contributed by atoms with Crippen LogP contribution in [0.15, 0.2) is 36.7 Å². The van der Waals surface area contributed by atoms with Crippen LogP contribution in [0.4, 0.5) is 5.69 Å². The van der Waals surface area contributed by atoms with Crippen LogP contribution in [0.25, 0.3) is 0 Å². The number of nitrogens with two attached hydrogens (primary N) is 1. The first-order valence-corrected chi connectivity index (χ1v) is 5.51. The highest BCUT2D eigenvalue weighted by Gasteiger charge is 2.19. The Kier molecular flexibility index (Phi) is 5.07. The zero-order valence-corrected chi connectivity index (χ0v) is 10.6. The first kappa shape index (κ1) is 15.8. The van der Waals surface area contributed by atoms with Gasteiger partial charge in [0.1, 0.15) is 11.1 Å². The van der Waals surface area contributed by atoms with Crippen LogP contribution in [-0.2, 0) is 0 Å². The van der Waals surface area contributed by atoms with Gasteiger partial charge in [0.15, 0.2) is 11.5 Å². The van der Waals surface area contributed by atoms with E-state index in [1.807, 2.05) is 0 Å². The summed E-state index contributed by atoms with van der Waals surface area (Å²) in [6, 6.07) is 5.31. The second-order valence-electron chi connectivity index (χ2n) is 3.75. The molecule has 8 heteroatoms. The van der Waals surface area contributed by atoms with Crippen molar-refractivity contribution in [3.05, 3.63) is 47.8 Å². The number of pyridine rings is 1. The van der Waals surface area contributed by atoms with E-state index in [2.05, 4.69) is 4.98 Å². The number of aromatic hydroxyl groups is 2. The Labute approximate surface area is 118 Å². The second-order valence-corrected chi connectivity index (χ2v) is 3.75. The molecule has 8 nitrogen and oxygen atoms in total. The zero-order chi connectivity index (χ0) is 16.0. The van der Waals surface area contributed by atoms with Gasteiger partial charge in [-0.2, -0.15) is 0 Å². The van der Waals surface area contributed by atoms with Gasteiger partial charge in [0.25, 0.3) is 0 Å². The first-order chi connectivity index (χ1) is 9.84. The molecule has 110 valence electrons. The number of benzene rings is 1. The number of carboxylic acid groups (broad SMARTS) is 2. The molecule has 21 heavy (non-hydrogen) atoms. The molecule has 0 fully saturated rings. The number of hydrogen-bond acceptors (Lipinski definition) is 6. The molecule has 0 aliphatic heterocycles. The van der Waals surface area contributed by atoms with Crippen molar-refractivity contribution in [2.45, 2.75) is 0 Å². The van der Waals surface area contributed by atoms with E-state index >= 15 is 0 Å². The average molecular weight is 292 g/mol. The van der Waals surface area contributed by atoms with Gasteiger partial charge >= 0.3 is 11.9 Å². The molecule has 0 unspecified atom stereocenters. The summed E-state index contributed by atoms with van der Waals surface area (Å²) in [5.41, 5.74) is 4.98. The molecule has 1 aromatic carbocycles. The SMILES string of the molecule is Nc1ccncc1.O=C(O)c1ccc(C(=O)O)c(O)c1O. The monoisotopic (exact) mass is 292 g/mol. The number of rotatable bonds is 2. The summed E-state index contributed by atoms with van der Waals surface area (Å²) in [7, 11) is 0. The maximum atomic E-state index is 10.4. The molecule has 0 saturated heterocycles. The van der Waals surface area contributed by atoms with Crippen LogP contribution in [0.5, 0.6) is 11.5 Å². The summed E-state index contributed by atoms with van der Waals surface area (Å²) in [4.78, 5) is 24.6. The number of carboxylic acids is 2. The second kappa shape index (κ2) is 6.75. The van der Waals surface area contributed by atoms with Crippen LogP contribution < -0.4 is 5.73 Å². The first-order valence-electron chi connectivity index (χ1n) is 5.51. The summed E-state index contributed by atoms with van der Waals surface area (Å²) >= 11 is 0. The third kappa shape index (κ3) is 4.10. The van der Waals surface area contributed by atoms with E-state index in [0.29, 0.717) is 0 Å². The van der Waals surface area contributed by atoms with Gasteiger partial charge in [-0.05, 0) is 24.3 Å². The van der Waals surface area contributed by atoms with Crippen molar-refractivity contribution in [2.24, 2.45) is 0 Å². The highest BCUT2D eigenvalue weighted by atomic mass is 16.4. The zero-order valence-electron chi connectivity index (χ0n) is 10.6. The van der Waals surface area contributed by atoms with Gasteiger partial charge in [0.05, 0.1) is 0 Å². The highest BCUT2D eigenvalue weighted by molar-refractivity contribution is 5.97. The molecule has 0 spiro atoms. The van der Waals surface area contributed by atoms with Gasteiger partial charge in [0, 0.05) is 18.1 Å². The molecule has 0 atom stereocenters. The highest BCUT2D eigenvalue weighted by Crippen LogP contribution is 2.32. The lowest BCUT2D eigenvalue weighted by molar-refractivity contribution is 0.0674. The maximum Gasteiger partial charge on any atom is 0.339 e. The fourth-order valence-electron chi connectivity index (χ4n) is 1.29. The lowest BCUT2D eigenvalue weighted by atomic mass is 10.1. The van der Waals surface area contributed by atoms with Crippen molar-refractivity contribution >= 4 is 17.6 Å². The molecule has 0 saturated carbocycles. The predicted molar refractivity (Wildman–Crippen MR) is 72.3 cm³/mol. The maximum absolute atomic E-state index is 10.4. The van der Waals surface area contributed by atoms with E-state index < -0.39 is 34.6 Å². The van der Waals surface area contributed by atoms with Crippen molar-refractivity contribution in [3.63, 3.8) is 0 Å². The fourth-order valence-corrected chi connectivity index (χ4v) is 1.29. The number of carbonyl (C=O) groups is 2. The molecular weight excluding hydrogens is 280 g/mol. The summed E-state index contributed by atoms with van der Waals surface area (Å²) in [6.45, 7) is 0. The van der Waals surface area contributed by atoms with Gasteiger partial charge in [-0.25, -0.2) is 9.59 Å². The van der Waals surface area contributed by atoms with E-state index in [4.69, 9.17) is 26.2 Å². The Morgan fingerprint density at radius 3 is 1.48 bits per heavy atom. The minimum atomic E-state index is -1.45. The molecule has 2 aromatic rings. The fraction of sp³-hybridized carbons (Fsp3) is 0. The van der Waals surface area contributed by atoms with Crippen molar-refractivity contribution in [2.75, 3.05) is 5.73 Å². The van der Waals surface area contributed by atoms with Crippen LogP contribution in [-0.4, -0.2) is 37.3 Å². The van der Waals surface area contributed by atoms with Crippen LogP contribution in [0, 0.1) is 0 Å². The summed E-state index contributed by atoms with van der Waals surface area (Å²) in [5, 5.41) is 35.2. The number of nitrogens with zero attached hydrogens (tertiary/aromatic N) is 1. The lowest BCUT2D eigenvalue weighted by Crippen LogP contribution is -2.01. The Bertz CT molecular complexity index is 618. The molecule has 1 aromatic heterocycles. The van der Waals surface area contributed by atoms with Gasteiger partial charge in [-0.3, -0.25) is 4.98 Å². The Hall–Kier alpha value is -3.29. The summed E-state index contributed by atoms with van der Waals surface area (Å²) in [6.07, 6.45) is 3.32. The Balaban J connectivity index is 0.000000262. The van der Waals surface area contributed by atoms with Crippen LogP contribution in [0.1, 0.15) is 20.7 Å². The molecule has 0 aliphatic rings. The molecule has 0 bridgehead atoms. The van der Waals surface area contributed by atoms with Gasteiger partial charge in [-0.1, -0.05) is 0 Å². The van der Waals surface area contributed by atoms with E-state index in [0.717, 1.165) is 17.8 Å². The van der Waals surface area contributed by atoms with Crippen molar-refractivity contribution in [3.8, 4) is 11.5 Å². The number of hydrogen-bond donors (Lipinski definition) is 5. The Morgan fingerprint density at radius 2 is 1.24 bits per heavy atom. The number of aromatic carboxylic acids is 2. The van der Waals surface area contributed by atoms with E-state index in [9.17, 15) is 9.59 Å². The summed E-state index contributed by atoms with van der Waals surface area (Å²) < 4.78 is 0. The van der Waals surface area contributed by atoms with Crippen molar-refractivity contribution in [1.29, 1.82) is 0 Å². The van der Waals surface area contributed by atoms with Gasteiger partial charge in [0.2, 0.25) is 0 Å². The smallest absolute Gasteiger partial charge is 0.339 e. The van der Waals surface area contributed by atoms with E-state index in [1.54, 1.807) is 24.5 Å². The molecular formula is C13H12N2O6. The minimum Gasteiger partial charge on any atom is -0.504 e. The molecule has 6 N–H and O–H groups in total. The van der Waals surface area contributed by atoms with Gasteiger partial charge < -0.3 is 26.2 Å². The predicted octanol–water partition coefficient (Wildman–Crippen LogP) is 1.16. The number of phenols is 2. The third-order valence-corrected chi connectivity index (χ3v) is 2.32.